The summed E-state index contributed by atoms with van der Waals surface area (Å²) >= 11 is 0. The number of carbonyl (C=O) groups is 1. The Morgan fingerprint density at radius 3 is 2.50 bits per heavy atom. The monoisotopic (exact) mass is 377 g/mol. The number of primary sulfonamides is 1. The third kappa shape index (κ3) is 3.09. The molecule has 3 aromatic rings. The van der Waals surface area contributed by atoms with Gasteiger partial charge in [-0.25, -0.2) is 27.7 Å². The zero-order chi connectivity index (χ0) is 19.1. The summed E-state index contributed by atoms with van der Waals surface area (Å²) < 4.78 is 30.0. The minimum Gasteiger partial charge on any atom is -0.460 e. The van der Waals surface area contributed by atoms with E-state index < -0.39 is 21.6 Å². The quantitative estimate of drug-likeness (QED) is 0.632. The number of sulfonamides is 1. The number of nitrogens with zero attached hydrogens (tertiary/aromatic N) is 4. The molecule has 0 aliphatic rings. The Kier molecular flexibility index (Phi) is 4.34. The molecule has 2 aromatic heterocycles. The molecule has 0 aliphatic heterocycles. The van der Waals surface area contributed by atoms with Crippen LogP contribution in [-0.4, -0.2) is 40.2 Å². The van der Waals surface area contributed by atoms with Crippen molar-refractivity contribution in [3.63, 3.8) is 0 Å². The molecule has 2 N–H and O–H groups in total. The summed E-state index contributed by atoms with van der Waals surface area (Å²) in [6.45, 7) is 3.38. The van der Waals surface area contributed by atoms with Gasteiger partial charge in [-0.15, -0.1) is 5.10 Å². The maximum atomic E-state index is 12.3. The lowest BCUT2D eigenvalue weighted by Gasteiger charge is -2.04. The molecule has 0 atom stereocenters. The topological polar surface area (TPSA) is 139 Å². The Bertz CT molecular complexity index is 1160. The number of rotatable bonds is 4. The fourth-order valence-electron chi connectivity index (χ4n) is 2.39. The molecule has 136 valence electrons. The van der Waals surface area contributed by atoms with Gasteiger partial charge >= 0.3 is 5.97 Å². The van der Waals surface area contributed by atoms with Gasteiger partial charge in [0, 0.05) is 11.8 Å². The number of fused-ring (bicyclic) bond motifs is 1. The van der Waals surface area contributed by atoms with E-state index in [9.17, 15) is 18.0 Å². The Labute approximate surface area is 147 Å². The number of aromatic nitrogens is 4. The zero-order valence-corrected chi connectivity index (χ0v) is 14.7. The van der Waals surface area contributed by atoms with Crippen molar-refractivity contribution >= 4 is 21.8 Å². The average Bonchev–Trinajstić information content (AvgIpc) is 2.94. The number of esters is 1. The third-order valence-corrected chi connectivity index (χ3v) is 4.42. The molecule has 0 amide bonds. The fraction of sp³-hybridized carbons (Fsp3) is 0.200. The lowest BCUT2D eigenvalue weighted by atomic mass is 10.3. The molecule has 26 heavy (non-hydrogen) atoms. The molecule has 10 nitrogen and oxygen atoms in total. The summed E-state index contributed by atoms with van der Waals surface area (Å²) in [6.07, 6.45) is 0. The van der Waals surface area contributed by atoms with Gasteiger partial charge < -0.3 is 4.74 Å². The van der Waals surface area contributed by atoms with Crippen molar-refractivity contribution < 1.29 is 17.9 Å². The van der Waals surface area contributed by atoms with Gasteiger partial charge in [0.25, 0.3) is 5.56 Å². The van der Waals surface area contributed by atoms with Crippen LogP contribution in [0.3, 0.4) is 0 Å². The van der Waals surface area contributed by atoms with Crippen molar-refractivity contribution in [3.8, 4) is 5.69 Å². The Hall–Kier alpha value is -3.05. The molecule has 1 aromatic carbocycles. The van der Waals surface area contributed by atoms with E-state index in [1.54, 1.807) is 13.8 Å². The van der Waals surface area contributed by atoms with Crippen molar-refractivity contribution in [1.29, 1.82) is 0 Å². The first-order valence-corrected chi connectivity index (χ1v) is 9.07. The van der Waals surface area contributed by atoms with Crippen LogP contribution in [-0.2, 0) is 14.8 Å². The number of benzene rings is 1. The van der Waals surface area contributed by atoms with Crippen LogP contribution in [0.2, 0.25) is 0 Å². The van der Waals surface area contributed by atoms with Crippen molar-refractivity contribution in [3.05, 3.63) is 52.2 Å². The molecule has 0 radical (unpaired) electrons. The van der Waals surface area contributed by atoms with Crippen molar-refractivity contribution in [2.75, 3.05) is 6.61 Å². The summed E-state index contributed by atoms with van der Waals surface area (Å²) in [5.41, 5.74) is 0.346. The van der Waals surface area contributed by atoms with Gasteiger partial charge in [-0.1, -0.05) is 0 Å². The van der Waals surface area contributed by atoms with Crippen LogP contribution in [0.1, 0.15) is 23.2 Å². The molecule has 11 heteroatoms. The second-order valence-electron chi connectivity index (χ2n) is 5.37. The summed E-state index contributed by atoms with van der Waals surface area (Å²) in [6, 6.07) is 6.74. The predicted molar refractivity (Wildman–Crippen MR) is 90.7 cm³/mol. The highest BCUT2D eigenvalue weighted by molar-refractivity contribution is 7.89. The lowest BCUT2D eigenvalue weighted by Crippen LogP contribution is -2.20. The van der Waals surface area contributed by atoms with E-state index in [0.29, 0.717) is 11.4 Å². The summed E-state index contributed by atoms with van der Waals surface area (Å²) in [7, 11) is -3.85. The number of hydrogen-bond acceptors (Lipinski definition) is 7. The molecule has 2 heterocycles. The minimum atomic E-state index is -3.85. The number of nitrogens with two attached hydrogens (primary N) is 1. The van der Waals surface area contributed by atoms with E-state index in [1.165, 1.54) is 35.0 Å². The van der Waals surface area contributed by atoms with Crippen LogP contribution in [0.4, 0.5) is 0 Å². The first kappa shape index (κ1) is 17.8. The number of aryl methyl sites for hydroxylation is 1. The van der Waals surface area contributed by atoms with E-state index in [1.807, 2.05) is 0 Å². The number of hydrogen-bond donors (Lipinski definition) is 1. The molecule has 0 saturated heterocycles. The molecule has 0 saturated carbocycles. The van der Waals surface area contributed by atoms with Crippen LogP contribution >= 0.6 is 0 Å². The van der Waals surface area contributed by atoms with Crippen LogP contribution in [0, 0.1) is 6.92 Å². The lowest BCUT2D eigenvalue weighted by molar-refractivity contribution is 0.0509. The van der Waals surface area contributed by atoms with Gasteiger partial charge in [0.15, 0.2) is 0 Å². The average molecular weight is 377 g/mol. The standard InChI is InChI=1S/C15H15N5O5S/c1-3-25-14(22)13-18-20(15-17-9(2)8-12(21)19(13)15)10-4-6-11(7-5-10)26(16,23)24/h4-8H,3H2,1-2H3,(H2,16,23,24). The van der Waals surface area contributed by atoms with Gasteiger partial charge in [-0.05, 0) is 38.1 Å². The summed E-state index contributed by atoms with van der Waals surface area (Å²) in [5.74, 6) is -0.901. The van der Waals surface area contributed by atoms with Crippen LogP contribution in [0.15, 0.2) is 40.0 Å². The zero-order valence-electron chi connectivity index (χ0n) is 13.9. The van der Waals surface area contributed by atoms with Gasteiger partial charge in [0.05, 0.1) is 17.2 Å². The Morgan fingerprint density at radius 2 is 1.92 bits per heavy atom. The van der Waals surface area contributed by atoms with Crippen LogP contribution in [0.25, 0.3) is 11.5 Å². The fourth-order valence-corrected chi connectivity index (χ4v) is 2.90. The van der Waals surface area contributed by atoms with Gasteiger partial charge in [-0.3, -0.25) is 4.79 Å². The molecule has 0 fully saturated rings. The van der Waals surface area contributed by atoms with Crippen molar-refractivity contribution in [1.82, 2.24) is 19.2 Å². The van der Waals surface area contributed by atoms with E-state index in [2.05, 4.69) is 10.1 Å². The second kappa shape index (κ2) is 6.35. The Balaban J connectivity index is 2.26. The molecule has 0 aliphatic carbocycles. The SMILES string of the molecule is CCOC(=O)c1nn(-c2ccc(S(N)(=O)=O)cc2)c2nc(C)cc(=O)n12. The van der Waals surface area contributed by atoms with E-state index in [4.69, 9.17) is 9.88 Å². The predicted octanol–water partition coefficient (Wildman–Crippen LogP) is 0.0127. The molecule has 0 unspecified atom stereocenters. The van der Waals surface area contributed by atoms with E-state index in [0.717, 1.165) is 4.40 Å². The minimum absolute atomic E-state index is 0.0790. The van der Waals surface area contributed by atoms with E-state index in [-0.39, 0.29) is 23.1 Å². The normalized spacial score (nSPS) is 11.7. The summed E-state index contributed by atoms with van der Waals surface area (Å²) in [5, 5.41) is 9.22. The summed E-state index contributed by atoms with van der Waals surface area (Å²) in [4.78, 5) is 28.7. The smallest absolute Gasteiger partial charge is 0.376 e. The largest absolute Gasteiger partial charge is 0.460 e. The second-order valence-corrected chi connectivity index (χ2v) is 6.93. The number of carbonyl (C=O) groups excluding carboxylic acids is 1. The molecule has 0 bridgehead atoms. The highest BCUT2D eigenvalue weighted by Crippen LogP contribution is 2.15. The molecule has 3 rings (SSSR count). The van der Waals surface area contributed by atoms with Crippen LogP contribution < -0.4 is 10.7 Å². The van der Waals surface area contributed by atoms with Gasteiger partial charge in [0.2, 0.25) is 21.6 Å². The molecular weight excluding hydrogens is 362 g/mol. The maximum absolute atomic E-state index is 12.3. The van der Waals surface area contributed by atoms with Crippen molar-refractivity contribution in [2.24, 2.45) is 5.14 Å². The van der Waals surface area contributed by atoms with Gasteiger partial charge in [-0.2, -0.15) is 4.68 Å². The van der Waals surface area contributed by atoms with Crippen molar-refractivity contribution in [2.45, 2.75) is 18.7 Å². The third-order valence-electron chi connectivity index (χ3n) is 3.49. The highest BCUT2D eigenvalue weighted by Gasteiger charge is 2.22. The first-order valence-electron chi connectivity index (χ1n) is 7.52. The highest BCUT2D eigenvalue weighted by atomic mass is 32.2. The maximum Gasteiger partial charge on any atom is 0.376 e. The van der Waals surface area contributed by atoms with Crippen LogP contribution in [0.5, 0.6) is 0 Å². The molecule has 0 spiro atoms. The first-order chi connectivity index (χ1) is 12.2. The Morgan fingerprint density at radius 1 is 1.27 bits per heavy atom. The number of ether oxygens (including phenoxy) is 1. The molecular formula is C15H15N5O5S. The van der Waals surface area contributed by atoms with Gasteiger partial charge in [0.1, 0.15) is 0 Å². The van der Waals surface area contributed by atoms with E-state index >= 15 is 0 Å².